The fourth-order valence-electron chi connectivity index (χ4n) is 3.37. The van der Waals surface area contributed by atoms with Crippen molar-refractivity contribution < 1.29 is 4.57 Å². The summed E-state index contributed by atoms with van der Waals surface area (Å²) in [5.41, 5.74) is 7.06. The van der Waals surface area contributed by atoms with E-state index < -0.39 is 0 Å². The van der Waals surface area contributed by atoms with Gasteiger partial charge in [-0.3, -0.25) is 0 Å². The van der Waals surface area contributed by atoms with Crippen LogP contribution < -0.4 is 4.57 Å². The standard InChI is InChI=1S/C20H16N3/c1-14-12-16(15-8-4-3-5-9-15)17(13-21)20-22(2)18-10-6-7-11-19(18)23(14)20/h3-12H,1-2H3/q+1. The lowest BCUT2D eigenvalue weighted by atomic mass is 10.0. The maximum atomic E-state index is 9.84. The van der Waals surface area contributed by atoms with E-state index in [0.717, 1.165) is 33.5 Å². The number of hydrogen-bond donors (Lipinski definition) is 0. The Hall–Kier alpha value is -3.12. The second-order valence-electron chi connectivity index (χ2n) is 5.76. The molecule has 0 aliphatic rings. The van der Waals surface area contributed by atoms with E-state index in [1.807, 2.05) is 37.4 Å². The summed E-state index contributed by atoms with van der Waals surface area (Å²) in [6.45, 7) is 2.09. The number of imidazole rings is 1. The van der Waals surface area contributed by atoms with Crippen molar-refractivity contribution in [2.45, 2.75) is 6.92 Å². The van der Waals surface area contributed by atoms with Crippen molar-refractivity contribution in [1.29, 1.82) is 5.26 Å². The van der Waals surface area contributed by atoms with Crippen molar-refractivity contribution in [3.63, 3.8) is 0 Å². The van der Waals surface area contributed by atoms with Crippen LogP contribution in [0.1, 0.15) is 11.3 Å². The van der Waals surface area contributed by atoms with E-state index in [-0.39, 0.29) is 0 Å². The van der Waals surface area contributed by atoms with Crippen LogP contribution in [0.5, 0.6) is 0 Å². The first kappa shape index (κ1) is 13.5. The molecule has 0 aliphatic carbocycles. The summed E-state index contributed by atoms with van der Waals surface area (Å²) in [5, 5.41) is 9.84. The van der Waals surface area contributed by atoms with Crippen LogP contribution in [0.4, 0.5) is 0 Å². The number of rotatable bonds is 1. The normalized spacial score (nSPS) is 11.0. The largest absolute Gasteiger partial charge is 0.306 e. The van der Waals surface area contributed by atoms with Crippen molar-refractivity contribution in [3.05, 3.63) is 71.9 Å². The molecule has 4 rings (SSSR count). The Morgan fingerprint density at radius 3 is 2.43 bits per heavy atom. The maximum absolute atomic E-state index is 9.84. The van der Waals surface area contributed by atoms with Crippen LogP contribution in [0, 0.1) is 18.3 Å². The average Bonchev–Trinajstić information content (AvgIpc) is 2.90. The molecule has 110 valence electrons. The van der Waals surface area contributed by atoms with Gasteiger partial charge in [0.05, 0.1) is 7.05 Å². The van der Waals surface area contributed by atoms with E-state index in [2.05, 4.69) is 52.3 Å². The van der Waals surface area contributed by atoms with Crippen LogP contribution in [0.15, 0.2) is 60.7 Å². The third-order valence-electron chi connectivity index (χ3n) is 4.41. The Labute approximate surface area is 134 Å². The lowest BCUT2D eigenvalue weighted by molar-refractivity contribution is -0.618. The Morgan fingerprint density at radius 2 is 1.70 bits per heavy atom. The highest BCUT2D eigenvalue weighted by molar-refractivity contribution is 5.83. The maximum Gasteiger partial charge on any atom is 0.306 e. The molecule has 0 aliphatic heterocycles. The highest BCUT2D eigenvalue weighted by Gasteiger charge is 2.24. The van der Waals surface area contributed by atoms with E-state index in [0.29, 0.717) is 5.56 Å². The van der Waals surface area contributed by atoms with Crippen molar-refractivity contribution in [2.75, 3.05) is 0 Å². The summed E-state index contributed by atoms with van der Waals surface area (Å²) in [7, 11) is 2.02. The molecular weight excluding hydrogens is 282 g/mol. The topological polar surface area (TPSA) is 32.1 Å². The number of hydrogen-bond acceptors (Lipinski definition) is 1. The molecule has 2 aromatic carbocycles. The van der Waals surface area contributed by atoms with Crippen LogP contribution in [0.25, 0.3) is 27.8 Å². The monoisotopic (exact) mass is 298 g/mol. The predicted molar refractivity (Wildman–Crippen MR) is 91.0 cm³/mol. The number of aromatic nitrogens is 2. The second-order valence-corrected chi connectivity index (χ2v) is 5.76. The Morgan fingerprint density at radius 1 is 1.00 bits per heavy atom. The van der Waals surface area contributed by atoms with Crippen LogP contribution in [0.3, 0.4) is 0 Å². The third-order valence-corrected chi connectivity index (χ3v) is 4.41. The van der Waals surface area contributed by atoms with E-state index in [1.165, 1.54) is 0 Å². The van der Waals surface area contributed by atoms with Gasteiger partial charge < -0.3 is 0 Å². The number of fused-ring (bicyclic) bond motifs is 3. The number of aryl methyl sites for hydroxylation is 2. The minimum Gasteiger partial charge on any atom is -0.225 e. The summed E-state index contributed by atoms with van der Waals surface area (Å²) in [4.78, 5) is 0. The minimum absolute atomic E-state index is 0.709. The summed E-state index contributed by atoms with van der Waals surface area (Å²) >= 11 is 0. The summed E-state index contributed by atoms with van der Waals surface area (Å²) in [5.74, 6) is 0. The van der Waals surface area contributed by atoms with E-state index in [1.54, 1.807) is 0 Å². The van der Waals surface area contributed by atoms with Crippen LogP contribution in [-0.4, -0.2) is 4.40 Å². The number of benzene rings is 2. The molecule has 0 fully saturated rings. The van der Waals surface area contributed by atoms with Gasteiger partial charge in [-0.15, -0.1) is 0 Å². The van der Waals surface area contributed by atoms with Gasteiger partial charge in [0.25, 0.3) is 0 Å². The van der Waals surface area contributed by atoms with Crippen molar-refractivity contribution in [2.24, 2.45) is 7.05 Å². The van der Waals surface area contributed by atoms with Crippen LogP contribution in [0.2, 0.25) is 0 Å². The van der Waals surface area contributed by atoms with Gasteiger partial charge in [-0.1, -0.05) is 42.5 Å². The molecule has 2 aromatic heterocycles. The fraction of sp³-hybridized carbons (Fsp3) is 0.100. The smallest absolute Gasteiger partial charge is 0.225 e. The van der Waals surface area contributed by atoms with Gasteiger partial charge >= 0.3 is 5.65 Å². The summed E-state index contributed by atoms with van der Waals surface area (Å²) in [6, 6.07) is 22.9. The Balaban J connectivity index is 2.23. The Kier molecular flexibility index (Phi) is 2.92. The van der Waals surface area contributed by atoms with E-state index >= 15 is 0 Å². The number of nitrogens with zero attached hydrogens (tertiary/aromatic N) is 3. The quantitative estimate of drug-likeness (QED) is 0.492. The zero-order chi connectivity index (χ0) is 16.0. The van der Waals surface area contributed by atoms with Gasteiger partial charge in [0.1, 0.15) is 17.3 Å². The van der Waals surface area contributed by atoms with Crippen molar-refractivity contribution in [1.82, 2.24) is 4.40 Å². The summed E-state index contributed by atoms with van der Waals surface area (Å²) in [6.07, 6.45) is 0. The number of para-hydroxylation sites is 2. The van der Waals surface area contributed by atoms with Crippen molar-refractivity contribution in [3.8, 4) is 17.2 Å². The third kappa shape index (κ3) is 1.85. The molecule has 3 heteroatoms. The molecular formula is C20H16N3+. The molecule has 0 amide bonds. The first-order valence-electron chi connectivity index (χ1n) is 7.60. The number of pyridine rings is 1. The summed E-state index contributed by atoms with van der Waals surface area (Å²) < 4.78 is 4.27. The lowest BCUT2D eigenvalue weighted by Gasteiger charge is -2.06. The molecule has 23 heavy (non-hydrogen) atoms. The Bertz CT molecular complexity index is 1080. The average molecular weight is 298 g/mol. The second kappa shape index (κ2) is 4.96. The highest BCUT2D eigenvalue weighted by atomic mass is 15.1. The molecule has 0 unspecified atom stereocenters. The molecule has 0 saturated carbocycles. The van der Waals surface area contributed by atoms with Gasteiger partial charge in [0.2, 0.25) is 0 Å². The first-order valence-corrected chi connectivity index (χ1v) is 7.60. The van der Waals surface area contributed by atoms with Crippen LogP contribution >= 0.6 is 0 Å². The molecule has 2 heterocycles. The van der Waals surface area contributed by atoms with E-state index in [9.17, 15) is 5.26 Å². The molecule has 0 bridgehead atoms. The van der Waals surface area contributed by atoms with E-state index in [4.69, 9.17) is 0 Å². The number of nitriles is 1. The zero-order valence-electron chi connectivity index (χ0n) is 13.1. The predicted octanol–water partition coefficient (Wildman–Crippen LogP) is 3.76. The van der Waals surface area contributed by atoms with Gasteiger partial charge in [-0.25, -0.2) is 4.57 Å². The SMILES string of the molecule is Cc1cc(-c2ccccc2)c(C#N)c2n1c1ccccc1[n+]2C. The van der Waals surface area contributed by atoms with Crippen LogP contribution in [-0.2, 0) is 7.05 Å². The molecule has 0 spiro atoms. The lowest BCUT2D eigenvalue weighted by Crippen LogP contribution is -2.28. The molecule has 0 atom stereocenters. The molecule has 0 N–H and O–H groups in total. The highest BCUT2D eigenvalue weighted by Crippen LogP contribution is 2.29. The fourth-order valence-corrected chi connectivity index (χ4v) is 3.37. The first-order chi connectivity index (χ1) is 11.2. The zero-order valence-corrected chi connectivity index (χ0v) is 13.1. The molecule has 0 saturated heterocycles. The van der Waals surface area contributed by atoms with Gasteiger partial charge in [-0.05, 0) is 30.7 Å². The minimum atomic E-state index is 0.709. The molecule has 0 radical (unpaired) electrons. The van der Waals surface area contributed by atoms with Gasteiger partial charge in [0, 0.05) is 5.56 Å². The van der Waals surface area contributed by atoms with Gasteiger partial charge in [0.15, 0.2) is 11.0 Å². The molecule has 3 nitrogen and oxygen atoms in total. The molecule has 4 aromatic rings. The van der Waals surface area contributed by atoms with Crippen molar-refractivity contribution >= 4 is 16.7 Å². The van der Waals surface area contributed by atoms with Gasteiger partial charge in [-0.2, -0.15) is 9.66 Å².